The summed E-state index contributed by atoms with van der Waals surface area (Å²) >= 11 is 0. The van der Waals surface area contributed by atoms with Gasteiger partial charge in [-0.15, -0.1) is 0 Å². The normalized spacial score (nSPS) is 14.4. The number of phenolic OH excluding ortho intramolecular Hbond substituents is 1. The molecule has 0 aliphatic carbocycles. The molecule has 1 heterocycles. The van der Waals surface area contributed by atoms with Crippen molar-refractivity contribution in [2.24, 2.45) is 0 Å². The number of anilines is 1. The summed E-state index contributed by atoms with van der Waals surface area (Å²) in [5.41, 5.74) is 1.35. The largest absolute Gasteiger partial charge is 0.508 e. The van der Waals surface area contributed by atoms with Crippen molar-refractivity contribution in [1.82, 2.24) is 0 Å². The van der Waals surface area contributed by atoms with Crippen LogP contribution in [0.3, 0.4) is 0 Å². The predicted molar refractivity (Wildman–Crippen MR) is 47.0 cm³/mol. The Morgan fingerprint density at radius 3 is 3.08 bits per heavy atom. The summed E-state index contributed by atoms with van der Waals surface area (Å²) in [6.07, 6.45) is 0. The molecule has 0 aromatic heterocycles. The molecule has 0 saturated carbocycles. The minimum Gasteiger partial charge on any atom is -0.508 e. The number of benzene rings is 1. The van der Waals surface area contributed by atoms with E-state index < -0.39 is 0 Å². The van der Waals surface area contributed by atoms with Gasteiger partial charge in [0.15, 0.2) is 6.61 Å². The highest BCUT2D eigenvalue weighted by molar-refractivity contribution is 5.96. The van der Waals surface area contributed by atoms with Crippen molar-refractivity contribution in [2.75, 3.05) is 11.9 Å². The Morgan fingerprint density at radius 2 is 2.31 bits per heavy atom. The van der Waals surface area contributed by atoms with Crippen LogP contribution >= 0.6 is 0 Å². The third-order valence-electron chi connectivity index (χ3n) is 1.88. The van der Waals surface area contributed by atoms with E-state index in [4.69, 9.17) is 4.74 Å². The van der Waals surface area contributed by atoms with Crippen molar-refractivity contribution in [3.05, 3.63) is 17.7 Å². The number of rotatable bonds is 0. The van der Waals surface area contributed by atoms with Gasteiger partial charge in [-0.05, 0) is 18.6 Å². The number of carbonyl (C=O) groups is 1. The summed E-state index contributed by atoms with van der Waals surface area (Å²) < 4.78 is 5.20. The molecule has 0 spiro atoms. The van der Waals surface area contributed by atoms with Gasteiger partial charge < -0.3 is 15.2 Å². The van der Waals surface area contributed by atoms with Crippen molar-refractivity contribution in [2.45, 2.75) is 6.92 Å². The summed E-state index contributed by atoms with van der Waals surface area (Å²) in [5.74, 6) is 0.567. The van der Waals surface area contributed by atoms with Crippen molar-refractivity contribution < 1.29 is 14.6 Å². The molecule has 2 N–H and O–H groups in total. The molecule has 1 aromatic carbocycles. The molecule has 0 atom stereocenters. The lowest BCUT2D eigenvalue weighted by molar-refractivity contribution is -0.118. The van der Waals surface area contributed by atoms with Gasteiger partial charge in [-0.2, -0.15) is 0 Å². The maximum Gasteiger partial charge on any atom is 0.262 e. The molecule has 1 aliphatic heterocycles. The molecule has 68 valence electrons. The van der Waals surface area contributed by atoms with E-state index in [9.17, 15) is 9.90 Å². The second kappa shape index (κ2) is 2.65. The van der Waals surface area contributed by atoms with E-state index in [1.54, 1.807) is 6.07 Å². The highest BCUT2D eigenvalue weighted by Gasteiger charge is 2.18. The number of phenols is 1. The lowest BCUT2D eigenvalue weighted by atomic mass is 10.1. The SMILES string of the molecule is Cc1cc(O)cc2c1OCC(=O)N2. The van der Waals surface area contributed by atoms with E-state index in [-0.39, 0.29) is 18.3 Å². The van der Waals surface area contributed by atoms with Crippen molar-refractivity contribution >= 4 is 11.6 Å². The highest BCUT2D eigenvalue weighted by Crippen LogP contribution is 2.34. The van der Waals surface area contributed by atoms with Gasteiger partial charge in [0.25, 0.3) is 5.91 Å². The first-order valence-electron chi connectivity index (χ1n) is 3.93. The molecule has 0 radical (unpaired) electrons. The van der Waals surface area contributed by atoms with Gasteiger partial charge in [0, 0.05) is 6.07 Å². The zero-order chi connectivity index (χ0) is 9.42. The second-order valence-corrected chi connectivity index (χ2v) is 2.98. The Balaban J connectivity index is 2.53. The Bertz CT molecular complexity index is 373. The summed E-state index contributed by atoms with van der Waals surface area (Å²) in [6.45, 7) is 1.86. The van der Waals surface area contributed by atoms with Crippen LogP contribution in [0.15, 0.2) is 12.1 Å². The number of hydrogen-bond donors (Lipinski definition) is 2. The van der Waals surface area contributed by atoms with Crippen molar-refractivity contribution in [3.63, 3.8) is 0 Å². The Kier molecular flexibility index (Phi) is 1.62. The Hall–Kier alpha value is -1.71. The molecule has 0 saturated heterocycles. The van der Waals surface area contributed by atoms with Crippen LogP contribution < -0.4 is 10.1 Å². The van der Waals surface area contributed by atoms with Crippen LogP contribution in [0.1, 0.15) is 5.56 Å². The number of amides is 1. The number of carbonyl (C=O) groups excluding carboxylic acids is 1. The van der Waals surface area contributed by atoms with Gasteiger partial charge in [0.1, 0.15) is 11.5 Å². The minimum atomic E-state index is -0.197. The third-order valence-corrected chi connectivity index (χ3v) is 1.88. The standard InChI is InChI=1S/C9H9NO3/c1-5-2-6(11)3-7-9(5)13-4-8(12)10-7/h2-3,11H,4H2,1H3,(H,10,12). The molecule has 0 bridgehead atoms. The zero-order valence-corrected chi connectivity index (χ0v) is 7.13. The third kappa shape index (κ3) is 1.30. The first kappa shape index (κ1) is 7.91. The molecule has 1 aromatic rings. The number of fused-ring (bicyclic) bond motifs is 1. The van der Waals surface area contributed by atoms with Gasteiger partial charge in [-0.25, -0.2) is 0 Å². The van der Waals surface area contributed by atoms with Crippen LogP contribution in [0.2, 0.25) is 0 Å². The number of aromatic hydroxyl groups is 1. The van der Waals surface area contributed by atoms with Gasteiger partial charge in [-0.3, -0.25) is 4.79 Å². The maximum atomic E-state index is 10.9. The lowest BCUT2D eigenvalue weighted by Crippen LogP contribution is -2.25. The monoisotopic (exact) mass is 179 g/mol. The fourth-order valence-electron chi connectivity index (χ4n) is 1.36. The minimum absolute atomic E-state index is 0.0403. The molecule has 13 heavy (non-hydrogen) atoms. The molecule has 0 fully saturated rings. The molecule has 4 heteroatoms. The number of ether oxygens (including phenoxy) is 1. The molecular weight excluding hydrogens is 170 g/mol. The lowest BCUT2D eigenvalue weighted by Gasteiger charge is -2.19. The van der Waals surface area contributed by atoms with Crippen LogP contribution in [-0.4, -0.2) is 17.6 Å². The van der Waals surface area contributed by atoms with Crippen LogP contribution in [0.5, 0.6) is 11.5 Å². The molecular formula is C9H9NO3. The van der Waals surface area contributed by atoms with Crippen LogP contribution in [0, 0.1) is 6.92 Å². The van der Waals surface area contributed by atoms with E-state index in [1.165, 1.54) is 6.07 Å². The quantitative estimate of drug-likeness (QED) is 0.625. The molecule has 2 rings (SSSR count). The highest BCUT2D eigenvalue weighted by atomic mass is 16.5. The summed E-state index contributed by atoms with van der Waals surface area (Å²) in [7, 11) is 0. The predicted octanol–water partition coefficient (Wildman–Crippen LogP) is 1.03. The van der Waals surface area contributed by atoms with E-state index >= 15 is 0 Å². The number of nitrogens with one attached hydrogen (secondary N) is 1. The topological polar surface area (TPSA) is 58.6 Å². The van der Waals surface area contributed by atoms with Crippen LogP contribution in [0.4, 0.5) is 5.69 Å². The van der Waals surface area contributed by atoms with Gasteiger partial charge in [0.2, 0.25) is 0 Å². The van der Waals surface area contributed by atoms with E-state index in [0.717, 1.165) is 5.56 Å². The molecule has 4 nitrogen and oxygen atoms in total. The maximum absolute atomic E-state index is 10.9. The Labute approximate surface area is 75.1 Å². The van der Waals surface area contributed by atoms with Gasteiger partial charge in [0.05, 0.1) is 5.69 Å². The molecule has 1 aliphatic rings. The van der Waals surface area contributed by atoms with Gasteiger partial charge in [-0.1, -0.05) is 0 Å². The average molecular weight is 179 g/mol. The first-order valence-corrected chi connectivity index (χ1v) is 3.93. The van der Waals surface area contributed by atoms with E-state index in [1.807, 2.05) is 6.92 Å². The average Bonchev–Trinajstić information content (AvgIpc) is 2.02. The fourth-order valence-corrected chi connectivity index (χ4v) is 1.36. The van der Waals surface area contributed by atoms with Crippen LogP contribution in [-0.2, 0) is 4.79 Å². The fraction of sp³-hybridized carbons (Fsp3) is 0.222. The summed E-state index contributed by atoms with van der Waals surface area (Å²) in [5, 5.41) is 11.9. The summed E-state index contributed by atoms with van der Waals surface area (Å²) in [4.78, 5) is 10.9. The molecule has 1 amide bonds. The van der Waals surface area contributed by atoms with Gasteiger partial charge >= 0.3 is 0 Å². The molecule has 0 unspecified atom stereocenters. The van der Waals surface area contributed by atoms with E-state index in [0.29, 0.717) is 11.4 Å². The van der Waals surface area contributed by atoms with Crippen LogP contribution in [0.25, 0.3) is 0 Å². The first-order chi connectivity index (χ1) is 6.16. The number of hydrogen-bond acceptors (Lipinski definition) is 3. The Morgan fingerprint density at radius 1 is 1.54 bits per heavy atom. The van der Waals surface area contributed by atoms with Crippen molar-refractivity contribution in [3.8, 4) is 11.5 Å². The van der Waals surface area contributed by atoms with E-state index in [2.05, 4.69) is 5.32 Å². The number of aryl methyl sites for hydroxylation is 1. The van der Waals surface area contributed by atoms with Crippen molar-refractivity contribution in [1.29, 1.82) is 0 Å². The zero-order valence-electron chi connectivity index (χ0n) is 7.13. The second-order valence-electron chi connectivity index (χ2n) is 2.98. The summed E-state index contributed by atoms with van der Waals surface area (Å²) in [6, 6.07) is 3.07. The smallest absolute Gasteiger partial charge is 0.262 e.